The van der Waals surface area contributed by atoms with Gasteiger partial charge >= 0.3 is 5.97 Å². The van der Waals surface area contributed by atoms with Crippen LogP contribution in [0.1, 0.15) is 62.5 Å². The molecule has 0 aromatic heterocycles. The van der Waals surface area contributed by atoms with Crippen molar-refractivity contribution in [2.75, 3.05) is 27.2 Å². The fourth-order valence-corrected chi connectivity index (χ4v) is 6.31. The average molecular weight is 551 g/mol. The summed E-state index contributed by atoms with van der Waals surface area (Å²) < 4.78 is 6.28. The van der Waals surface area contributed by atoms with Crippen molar-refractivity contribution in [3.8, 4) is 5.75 Å². The molecule has 0 spiro atoms. The molecule has 2 fully saturated rings. The standard InChI is InChI=1S/C32H46N4O4/c1-36(2)32(25-10-4-3-5-11-25)16-14-23(15-17-32)19-24-9-8-12-26(20-24)40-27-21-29(35-22-27)30(37)34-18-7-6-13-28(33)31(38)39/h3-5,8-12,20,23,27-29,35H,6-7,13-19,21-22,33H2,1-2H3,(H,34,37)(H,38,39)/t23?,27-,28-,29-,32?/m0/s1. The second kappa shape index (κ2) is 14.1. The monoisotopic (exact) mass is 550 g/mol. The van der Waals surface area contributed by atoms with E-state index in [1.807, 2.05) is 6.07 Å². The Morgan fingerprint density at radius 2 is 1.88 bits per heavy atom. The quantitative estimate of drug-likeness (QED) is 0.281. The van der Waals surface area contributed by atoms with E-state index in [0.717, 1.165) is 25.0 Å². The minimum Gasteiger partial charge on any atom is -0.489 e. The molecule has 0 unspecified atom stereocenters. The fourth-order valence-electron chi connectivity index (χ4n) is 6.31. The van der Waals surface area contributed by atoms with E-state index in [2.05, 4.69) is 78.2 Å². The van der Waals surface area contributed by atoms with E-state index in [4.69, 9.17) is 15.6 Å². The Hall–Kier alpha value is -2.94. The van der Waals surface area contributed by atoms with E-state index in [1.54, 1.807) is 0 Å². The van der Waals surface area contributed by atoms with E-state index < -0.39 is 12.0 Å². The van der Waals surface area contributed by atoms with Crippen molar-refractivity contribution in [3.63, 3.8) is 0 Å². The lowest BCUT2D eigenvalue weighted by Gasteiger charge is -2.45. The van der Waals surface area contributed by atoms with Gasteiger partial charge in [-0.1, -0.05) is 42.5 Å². The predicted octanol–water partition coefficient (Wildman–Crippen LogP) is 3.68. The summed E-state index contributed by atoms with van der Waals surface area (Å²) in [5.74, 6) is 0.500. The van der Waals surface area contributed by atoms with Crippen LogP contribution in [0.25, 0.3) is 0 Å². The van der Waals surface area contributed by atoms with Crippen molar-refractivity contribution in [2.24, 2.45) is 11.7 Å². The summed E-state index contributed by atoms with van der Waals surface area (Å²) in [6.45, 7) is 1.14. The SMILES string of the molecule is CN(C)C1(c2ccccc2)CCC(Cc2cccc(O[C@@H]3CN[C@H](C(=O)NCCCC[C@H](N)C(=O)O)C3)c2)CC1. The number of benzene rings is 2. The van der Waals surface area contributed by atoms with Gasteiger partial charge in [0.1, 0.15) is 17.9 Å². The van der Waals surface area contributed by atoms with Gasteiger partial charge in [0.15, 0.2) is 0 Å². The highest BCUT2D eigenvalue weighted by molar-refractivity contribution is 5.82. The first-order valence-electron chi connectivity index (χ1n) is 14.7. The molecule has 0 radical (unpaired) electrons. The molecular formula is C32H46N4O4. The molecule has 8 heteroatoms. The fraction of sp³-hybridized carbons (Fsp3) is 0.562. The number of carbonyl (C=O) groups is 2. The Bertz CT molecular complexity index is 1100. The van der Waals surface area contributed by atoms with Gasteiger partial charge in [-0.05, 0) is 94.6 Å². The second-order valence-corrected chi connectivity index (χ2v) is 11.8. The molecule has 8 nitrogen and oxygen atoms in total. The maximum Gasteiger partial charge on any atom is 0.320 e. The molecule has 5 N–H and O–H groups in total. The number of carbonyl (C=O) groups excluding carboxylic acids is 1. The van der Waals surface area contributed by atoms with Crippen LogP contribution in [0.2, 0.25) is 0 Å². The van der Waals surface area contributed by atoms with Gasteiger partial charge in [-0.15, -0.1) is 0 Å². The van der Waals surface area contributed by atoms with Crippen LogP contribution in [0.4, 0.5) is 0 Å². The van der Waals surface area contributed by atoms with E-state index >= 15 is 0 Å². The number of carboxylic acids is 1. The molecule has 1 saturated carbocycles. The van der Waals surface area contributed by atoms with Crippen LogP contribution in [0, 0.1) is 5.92 Å². The van der Waals surface area contributed by atoms with E-state index in [-0.39, 0.29) is 23.6 Å². The normalized spacial score (nSPS) is 25.4. The van der Waals surface area contributed by atoms with Crippen LogP contribution in [0.15, 0.2) is 54.6 Å². The number of amides is 1. The van der Waals surface area contributed by atoms with E-state index in [9.17, 15) is 9.59 Å². The highest BCUT2D eigenvalue weighted by Gasteiger charge is 2.38. The van der Waals surface area contributed by atoms with Crippen LogP contribution in [-0.2, 0) is 21.5 Å². The zero-order valence-electron chi connectivity index (χ0n) is 24.0. The van der Waals surface area contributed by atoms with Crippen LogP contribution < -0.4 is 21.1 Å². The third-order valence-corrected chi connectivity index (χ3v) is 8.79. The van der Waals surface area contributed by atoms with Crippen LogP contribution in [-0.4, -0.2) is 67.3 Å². The number of unbranched alkanes of at least 4 members (excludes halogenated alkanes) is 1. The lowest BCUT2D eigenvalue weighted by atomic mass is 9.70. The number of nitrogens with one attached hydrogen (secondary N) is 2. The highest BCUT2D eigenvalue weighted by Crippen LogP contribution is 2.43. The molecule has 218 valence electrons. The summed E-state index contributed by atoms with van der Waals surface area (Å²) in [5, 5.41) is 15.1. The maximum atomic E-state index is 12.6. The molecule has 3 atom stereocenters. The summed E-state index contributed by atoms with van der Waals surface area (Å²) in [6, 6.07) is 18.3. The molecule has 2 aromatic rings. The second-order valence-electron chi connectivity index (χ2n) is 11.8. The van der Waals surface area contributed by atoms with Crippen molar-refractivity contribution in [1.82, 2.24) is 15.5 Å². The van der Waals surface area contributed by atoms with Crippen LogP contribution in [0.3, 0.4) is 0 Å². The third-order valence-electron chi connectivity index (χ3n) is 8.79. The molecular weight excluding hydrogens is 504 g/mol. The summed E-state index contributed by atoms with van der Waals surface area (Å²) in [6.07, 6.45) is 8.13. The summed E-state index contributed by atoms with van der Waals surface area (Å²) in [4.78, 5) is 25.7. The van der Waals surface area contributed by atoms with Gasteiger partial charge in [0.25, 0.3) is 0 Å². The first-order chi connectivity index (χ1) is 19.3. The molecule has 4 rings (SSSR count). The van der Waals surface area contributed by atoms with Crippen LogP contribution in [0.5, 0.6) is 5.75 Å². The molecule has 1 aliphatic carbocycles. The summed E-state index contributed by atoms with van der Waals surface area (Å²) >= 11 is 0. The maximum absolute atomic E-state index is 12.6. The van der Waals surface area contributed by atoms with Crippen molar-refractivity contribution < 1.29 is 19.4 Å². The Kier molecular flexibility index (Phi) is 10.6. The number of hydrogen-bond donors (Lipinski definition) is 4. The number of rotatable bonds is 13. The molecule has 1 heterocycles. The van der Waals surface area contributed by atoms with Crippen molar-refractivity contribution in [3.05, 3.63) is 65.7 Å². The molecule has 40 heavy (non-hydrogen) atoms. The van der Waals surface area contributed by atoms with Gasteiger partial charge in [0, 0.05) is 25.0 Å². The summed E-state index contributed by atoms with van der Waals surface area (Å²) in [7, 11) is 4.42. The Morgan fingerprint density at radius 1 is 1.12 bits per heavy atom. The smallest absolute Gasteiger partial charge is 0.320 e. The molecule has 0 bridgehead atoms. The van der Waals surface area contributed by atoms with Gasteiger partial charge in [-0.25, -0.2) is 0 Å². The Balaban J connectivity index is 1.21. The van der Waals surface area contributed by atoms with Gasteiger partial charge in [0.05, 0.1) is 6.04 Å². The van der Waals surface area contributed by atoms with E-state index in [0.29, 0.717) is 44.7 Å². The van der Waals surface area contributed by atoms with Crippen molar-refractivity contribution >= 4 is 11.9 Å². The van der Waals surface area contributed by atoms with Gasteiger partial charge in [-0.3, -0.25) is 14.5 Å². The highest BCUT2D eigenvalue weighted by atomic mass is 16.5. The predicted molar refractivity (Wildman–Crippen MR) is 157 cm³/mol. The van der Waals surface area contributed by atoms with E-state index in [1.165, 1.54) is 24.0 Å². The lowest BCUT2D eigenvalue weighted by molar-refractivity contribution is -0.138. The molecule has 2 aromatic carbocycles. The number of hydrogen-bond acceptors (Lipinski definition) is 6. The largest absolute Gasteiger partial charge is 0.489 e. The van der Waals surface area contributed by atoms with Gasteiger partial charge in [-0.2, -0.15) is 0 Å². The first kappa shape index (κ1) is 30.0. The first-order valence-corrected chi connectivity index (χ1v) is 14.7. The zero-order chi connectivity index (χ0) is 28.5. The number of nitrogens with two attached hydrogens (primary N) is 1. The Labute approximate surface area is 238 Å². The Morgan fingerprint density at radius 3 is 2.58 bits per heavy atom. The zero-order valence-corrected chi connectivity index (χ0v) is 24.0. The number of aliphatic carboxylic acids is 1. The van der Waals surface area contributed by atoms with Gasteiger partial charge in [0.2, 0.25) is 5.91 Å². The number of nitrogens with zero attached hydrogens (tertiary/aromatic N) is 1. The van der Waals surface area contributed by atoms with Crippen LogP contribution >= 0.6 is 0 Å². The minimum absolute atomic E-state index is 0.0380. The molecule has 1 saturated heterocycles. The number of ether oxygens (including phenoxy) is 1. The third kappa shape index (κ3) is 7.83. The molecule has 1 aliphatic heterocycles. The molecule has 1 amide bonds. The number of carboxylic acid groups (broad SMARTS) is 1. The lowest BCUT2D eigenvalue weighted by Crippen LogP contribution is -2.44. The molecule has 2 aliphatic rings. The summed E-state index contributed by atoms with van der Waals surface area (Å²) in [5.41, 5.74) is 8.37. The minimum atomic E-state index is -0.986. The topological polar surface area (TPSA) is 117 Å². The van der Waals surface area contributed by atoms with Crippen molar-refractivity contribution in [1.29, 1.82) is 0 Å². The van der Waals surface area contributed by atoms with Crippen molar-refractivity contribution in [2.45, 2.75) is 81.5 Å². The average Bonchev–Trinajstić information content (AvgIpc) is 3.42. The van der Waals surface area contributed by atoms with Gasteiger partial charge < -0.3 is 26.2 Å².